The molecule has 0 atom stereocenters. The normalized spacial score (nSPS) is 22.5. The first-order valence-electron chi connectivity index (χ1n) is 7.15. The predicted molar refractivity (Wildman–Crippen MR) is 75.7 cm³/mol. The molecule has 2 heterocycles. The van der Waals surface area contributed by atoms with Crippen LogP contribution in [-0.2, 0) is 0 Å². The molecule has 0 bridgehead atoms. The van der Waals surface area contributed by atoms with Crippen molar-refractivity contribution in [3.63, 3.8) is 0 Å². The van der Waals surface area contributed by atoms with Crippen molar-refractivity contribution in [2.75, 3.05) is 25.0 Å². The SMILES string of the molecule is CNC1(C)CCN(c2cc(=O)[nH]c(C3CC3)n2)CC1. The van der Waals surface area contributed by atoms with Crippen molar-refractivity contribution in [3.05, 3.63) is 22.2 Å². The molecule has 0 radical (unpaired) electrons. The van der Waals surface area contributed by atoms with Gasteiger partial charge in [-0.05, 0) is 39.7 Å². The third-order valence-electron chi connectivity index (χ3n) is 4.51. The molecule has 1 aromatic rings. The lowest BCUT2D eigenvalue weighted by Gasteiger charge is -2.39. The summed E-state index contributed by atoms with van der Waals surface area (Å²) in [5.74, 6) is 2.22. The monoisotopic (exact) mass is 262 g/mol. The molecule has 19 heavy (non-hydrogen) atoms. The van der Waals surface area contributed by atoms with Gasteiger partial charge in [0.05, 0.1) is 0 Å². The predicted octanol–water partition coefficient (Wildman–Crippen LogP) is 1.23. The zero-order valence-electron chi connectivity index (χ0n) is 11.7. The Morgan fingerprint density at radius 1 is 1.42 bits per heavy atom. The summed E-state index contributed by atoms with van der Waals surface area (Å²) >= 11 is 0. The largest absolute Gasteiger partial charge is 0.356 e. The number of anilines is 1. The van der Waals surface area contributed by atoms with Crippen molar-refractivity contribution in [3.8, 4) is 0 Å². The van der Waals surface area contributed by atoms with Crippen LogP contribution in [-0.4, -0.2) is 35.6 Å². The summed E-state index contributed by atoms with van der Waals surface area (Å²) in [6.07, 6.45) is 4.47. The quantitative estimate of drug-likeness (QED) is 0.860. The van der Waals surface area contributed by atoms with Gasteiger partial charge in [-0.1, -0.05) is 0 Å². The summed E-state index contributed by atoms with van der Waals surface area (Å²) in [4.78, 5) is 21.5. The van der Waals surface area contributed by atoms with Crippen LogP contribution in [0.25, 0.3) is 0 Å². The Kier molecular flexibility index (Phi) is 3.09. The number of rotatable bonds is 3. The molecule has 0 aromatic carbocycles. The zero-order chi connectivity index (χ0) is 13.5. The van der Waals surface area contributed by atoms with Crippen LogP contribution in [0.4, 0.5) is 5.82 Å². The highest BCUT2D eigenvalue weighted by atomic mass is 16.1. The van der Waals surface area contributed by atoms with Gasteiger partial charge in [0, 0.05) is 30.6 Å². The Morgan fingerprint density at radius 2 is 2.11 bits per heavy atom. The summed E-state index contributed by atoms with van der Waals surface area (Å²) in [5.41, 5.74) is 0.200. The smallest absolute Gasteiger partial charge is 0.252 e. The van der Waals surface area contributed by atoms with Gasteiger partial charge in [-0.15, -0.1) is 0 Å². The molecule has 1 aliphatic heterocycles. The van der Waals surface area contributed by atoms with Crippen LogP contribution in [0.3, 0.4) is 0 Å². The summed E-state index contributed by atoms with van der Waals surface area (Å²) in [6.45, 7) is 4.17. The zero-order valence-corrected chi connectivity index (χ0v) is 11.7. The van der Waals surface area contributed by atoms with Crippen molar-refractivity contribution in [2.24, 2.45) is 0 Å². The molecule has 2 fully saturated rings. The Balaban J connectivity index is 1.78. The Morgan fingerprint density at radius 3 is 2.68 bits per heavy atom. The standard InChI is InChI=1S/C14H22N4O/c1-14(15-2)5-7-18(8-6-14)11-9-12(19)17-13(16-11)10-3-4-10/h9-10,15H,3-8H2,1-2H3,(H,16,17,19). The third kappa shape index (κ3) is 2.66. The first-order chi connectivity index (χ1) is 9.09. The highest BCUT2D eigenvalue weighted by molar-refractivity contribution is 5.39. The van der Waals surface area contributed by atoms with Crippen molar-refractivity contribution >= 4 is 5.82 Å². The molecule has 1 aromatic heterocycles. The Labute approximate surface area is 113 Å². The summed E-state index contributed by atoms with van der Waals surface area (Å²) in [5, 5.41) is 3.39. The fourth-order valence-corrected chi connectivity index (χ4v) is 2.65. The van der Waals surface area contributed by atoms with E-state index in [0.29, 0.717) is 5.92 Å². The number of aromatic amines is 1. The molecule has 1 aliphatic carbocycles. The van der Waals surface area contributed by atoms with E-state index in [1.165, 1.54) is 0 Å². The topological polar surface area (TPSA) is 61.0 Å². The van der Waals surface area contributed by atoms with E-state index < -0.39 is 0 Å². The molecule has 104 valence electrons. The Bertz CT molecular complexity index is 512. The first-order valence-corrected chi connectivity index (χ1v) is 7.15. The van der Waals surface area contributed by atoms with E-state index in [1.807, 2.05) is 7.05 Å². The molecule has 0 amide bonds. The Hall–Kier alpha value is -1.36. The number of hydrogen-bond acceptors (Lipinski definition) is 4. The minimum Gasteiger partial charge on any atom is -0.356 e. The average Bonchev–Trinajstić information content (AvgIpc) is 3.23. The second-order valence-corrected chi connectivity index (χ2v) is 6.06. The van der Waals surface area contributed by atoms with Crippen LogP contribution in [0.15, 0.2) is 10.9 Å². The fourth-order valence-electron chi connectivity index (χ4n) is 2.65. The van der Waals surface area contributed by atoms with E-state index in [-0.39, 0.29) is 11.1 Å². The van der Waals surface area contributed by atoms with Crippen LogP contribution in [0.5, 0.6) is 0 Å². The van der Waals surface area contributed by atoms with E-state index >= 15 is 0 Å². The fraction of sp³-hybridized carbons (Fsp3) is 0.714. The third-order valence-corrected chi connectivity index (χ3v) is 4.51. The maximum atomic E-state index is 11.7. The minimum atomic E-state index is -0.0196. The number of H-pyrrole nitrogens is 1. The minimum absolute atomic E-state index is 0.0196. The molecule has 5 nitrogen and oxygen atoms in total. The van der Waals surface area contributed by atoms with Gasteiger partial charge in [0.2, 0.25) is 0 Å². The summed E-state index contributed by atoms with van der Waals surface area (Å²) < 4.78 is 0. The molecule has 2 N–H and O–H groups in total. The van der Waals surface area contributed by atoms with Crippen LogP contribution in [0.1, 0.15) is 44.3 Å². The van der Waals surface area contributed by atoms with Gasteiger partial charge in [0.15, 0.2) is 0 Å². The summed E-state index contributed by atoms with van der Waals surface area (Å²) in [6, 6.07) is 1.63. The number of hydrogen-bond donors (Lipinski definition) is 2. The van der Waals surface area contributed by atoms with Gasteiger partial charge in [-0.25, -0.2) is 4.98 Å². The number of nitrogens with zero attached hydrogens (tertiary/aromatic N) is 2. The second-order valence-electron chi connectivity index (χ2n) is 6.06. The van der Waals surface area contributed by atoms with E-state index in [4.69, 9.17) is 0 Å². The maximum absolute atomic E-state index is 11.7. The molecule has 2 aliphatic rings. The molecular formula is C14H22N4O. The lowest BCUT2D eigenvalue weighted by Crippen LogP contribution is -2.50. The van der Waals surface area contributed by atoms with Crippen molar-refractivity contribution in [2.45, 2.75) is 44.1 Å². The first kappa shape index (κ1) is 12.7. The van der Waals surface area contributed by atoms with E-state index in [2.05, 4.69) is 27.1 Å². The number of aromatic nitrogens is 2. The van der Waals surface area contributed by atoms with E-state index in [1.54, 1.807) is 6.07 Å². The lowest BCUT2D eigenvalue weighted by molar-refractivity contribution is 0.304. The maximum Gasteiger partial charge on any atom is 0.252 e. The van der Waals surface area contributed by atoms with Crippen LogP contribution in [0.2, 0.25) is 0 Å². The molecule has 0 spiro atoms. The van der Waals surface area contributed by atoms with Gasteiger partial charge < -0.3 is 15.2 Å². The van der Waals surface area contributed by atoms with Crippen molar-refractivity contribution in [1.82, 2.24) is 15.3 Å². The number of piperidine rings is 1. The lowest BCUT2D eigenvalue weighted by atomic mass is 9.90. The van der Waals surface area contributed by atoms with Crippen LogP contribution < -0.4 is 15.8 Å². The molecule has 1 saturated heterocycles. The number of nitrogens with one attached hydrogen (secondary N) is 2. The van der Waals surface area contributed by atoms with Gasteiger partial charge in [-0.2, -0.15) is 0 Å². The second kappa shape index (κ2) is 4.63. The van der Waals surface area contributed by atoms with E-state index in [9.17, 15) is 4.79 Å². The van der Waals surface area contributed by atoms with Crippen LogP contribution in [0, 0.1) is 0 Å². The average molecular weight is 262 g/mol. The van der Waals surface area contributed by atoms with Crippen molar-refractivity contribution in [1.29, 1.82) is 0 Å². The van der Waals surface area contributed by atoms with Gasteiger partial charge in [0.1, 0.15) is 11.6 Å². The highest BCUT2D eigenvalue weighted by Gasteiger charge is 2.30. The van der Waals surface area contributed by atoms with Crippen LogP contribution >= 0.6 is 0 Å². The molecule has 0 unspecified atom stereocenters. The van der Waals surface area contributed by atoms with Gasteiger partial charge in [-0.3, -0.25) is 4.79 Å². The van der Waals surface area contributed by atoms with Crippen molar-refractivity contribution < 1.29 is 0 Å². The molecule has 1 saturated carbocycles. The van der Waals surface area contributed by atoms with Gasteiger partial charge >= 0.3 is 0 Å². The molecule has 5 heteroatoms. The van der Waals surface area contributed by atoms with E-state index in [0.717, 1.165) is 50.4 Å². The summed E-state index contributed by atoms with van der Waals surface area (Å²) in [7, 11) is 2.02. The molecular weight excluding hydrogens is 240 g/mol. The van der Waals surface area contributed by atoms with Gasteiger partial charge in [0.25, 0.3) is 5.56 Å². The highest BCUT2D eigenvalue weighted by Crippen LogP contribution is 2.38. The molecule has 3 rings (SSSR count).